The lowest BCUT2D eigenvalue weighted by Crippen LogP contribution is -2.32. The van der Waals surface area contributed by atoms with Gasteiger partial charge < -0.3 is 10.5 Å². The Morgan fingerprint density at radius 1 is 1.43 bits per heavy atom. The lowest BCUT2D eigenvalue weighted by molar-refractivity contribution is 0.322. The summed E-state index contributed by atoms with van der Waals surface area (Å²) in [4.78, 5) is 4.37. The number of anilines is 1. The predicted molar refractivity (Wildman–Crippen MR) is 87.9 cm³/mol. The van der Waals surface area contributed by atoms with E-state index in [1.165, 1.54) is 6.21 Å². The molecule has 0 radical (unpaired) electrons. The molecule has 124 valence electrons. The highest BCUT2D eigenvalue weighted by Crippen LogP contribution is 2.27. The molecule has 3 heterocycles. The Labute approximate surface area is 134 Å². The van der Waals surface area contributed by atoms with Gasteiger partial charge >= 0.3 is 0 Å². The molecule has 3 rings (SSSR count). The topological polar surface area (TPSA) is 109 Å². The Balaban J connectivity index is 1.97. The highest BCUT2D eigenvalue weighted by Gasteiger charge is 2.25. The van der Waals surface area contributed by atoms with E-state index in [1.54, 1.807) is 17.1 Å². The van der Waals surface area contributed by atoms with Gasteiger partial charge in [-0.1, -0.05) is 5.16 Å². The highest BCUT2D eigenvalue weighted by molar-refractivity contribution is 7.91. The predicted octanol–water partition coefficient (Wildman–Crippen LogP) is 1.25. The van der Waals surface area contributed by atoms with E-state index in [-0.39, 0.29) is 17.5 Å². The number of oxime groups is 1. The summed E-state index contributed by atoms with van der Waals surface area (Å²) >= 11 is 0. The minimum Gasteiger partial charge on any atom is -0.411 e. The van der Waals surface area contributed by atoms with E-state index in [1.807, 2.05) is 6.92 Å². The second-order valence-electron chi connectivity index (χ2n) is 5.60. The Hall–Kier alpha value is -2.16. The zero-order chi connectivity index (χ0) is 16.4. The first kappa shape index (κ1) is 15.7. The third-order valence-corrected chi connectivity index (χ3v) is 5.81. The second-order valence-corrected chi connectivity index (χ2v) is 7.90. The maximum Gasteiger partial charge on any atom is 0.159 e. The summed E-state index contributed by atoms with van der Waals surface area (Å²) in [5.41, 5.74) is 2.16. The van der Waals surface area contributed by atoms with Crippen LogP contribution in [0.4, 0.5) is 5.69 Å². The van der Waals surface area contributed by atoms with Crippen LogP contribution in [0.3, 0.4) is 0 Å². The van der Waals surface area contributed by atoms with Crippen molar-refractivity contribution < 1.29 is 13.6 Å². The van der Waals surface area contributed by atoms with Gasteiger partial charge in [0, 0.05) is 24.3 Å². The number of fused-ring (bicyclic) bond motifs is 1. The van der Waals surface area contributed by atoms with Crippen molar-refractivity contribution in [3.63, 3.8) is 0 Å². The first-order valence-corrected chi connectivity index (χ1v) is 9.35. The molecule has 1 aliphatic rings. The normalized spacial score (nSPS) is 18.7. The van der Waals surface area contributed by atoms with E-state index < -0.39 is 9.84 Å². The van der Waals surface area contributed by atoms with Gasteiger partial charge in [0.15, 0.2) is 5.65 Å². The second kappa shape index (κ2) is 6.15. The van der Waals surface area contributed by atoms with Crippen LogP contribution in [0.2, 0.25) is 0 Å². The van der Waals surface area contributed by atoms with Crippen molar-refractivity contribution >= 4 is 32.8 Å². The molecular formula is C14H19N5O3S. The van der Waals surface area contributed by atoms with E-state index in [4.69, 9.17) is 5.21 Å². The largest absolute Gasteiger partial charge is 0.411 e. The monoisotopic (exact) mass is 337 g/mol. The number of aryl methyl sites for hydroxylation is 1. The molecule has 0 bridgehead atoms. The van der Waals surface area contributed by atoms with Crippen LogP contribution in [0.5, 0.6) is 0 Å². The summed E-state index contributed by atoms with van der Waals surface area (Å²) in [5, 5.41) is 20.5. The van der Waals surface area contributed by atoms with Gasteiger partial charge in [0.05, 0.1) is 35.0 Å². The molecule has 0 saturated carbocycles. The number of sulfone groups is 1. The summed E-state index contributed by atoms with van der Waals surface area (Å²) in [6.07, 6.45) is 5.78. The third kappa shape index (κ3) is 3.14. The molecule has 0 amide bonds. The molecule has 0 aliphatic carbocycles. The fourth-order valence-corrected chi connectivity index (χ4v) is 4.32. The molecule has 0 aromatic carbocycles. The Bertz CT molecular complexity index is 829. The van der Waals surface area contributed by atoms with Gasteiger partial charge in [-0.3, -0.25) is 0 Å². The van der Waals surface area contributed by atoms with Crippen molar-refractivity contribution in [3.8, 4) is 0 Å². The molecule has 1 aliphatic heterocycles. The maximum absolute atomic E-state index is 11.6. The molecule has 8 nitrogen and oxygen atoms in total. The quantitative estimate of drug-likeness (QED) is 0.494. The van der Waals surface area contributed by atoms with Crippen molar-refractivity contribution in [2.24, 2.45) is 5.16 Å². The summed E-state index contributed by atoms with van der Waals surface area (Å²) in [6.45, 7) is 2.68. The van der Waals surface area contributed by atoms with Crippen molar-refractivity contribution in [1.29, 1.82) is 0 Å². The molecule has 1 saturated heterocycles. The number of hydrogen-bond donors (Lipinski definition) is 2. The SMILES string of the molecule is CCn1ncc2c(NC3CCS(=O)(=O)CC3)c(/C=N/O)cnc21. The average Bonchev–Trinajstić information content (AvgIpc) is 2.95. The molecule has 0 atom stereocenters. The number of hydrogen-bond acceptors (Lipinski definition) is 7. The summed E-state index contributed by atoms with van der Waals surface area (Å²) < 4.78 is 24.9. The first-order chi connectivity index (χ1) is 11.0. The fraction of sp³-hybridized carbons (Fsp3) is 0.500. The molecule has 0 unspecified atom stereocenters. The van der Waals surface area contributed by atoms with Gasteiger partial charge in [-0.2, -0.15) is 5.10 Å². The van der Waals surface area contributed by atoms with Crippen LogP contribution < -0.4 is 5.32 Å². The zero-order valence-electron chi connectivity index (χ0n) is 12.8. The third-order valence-electron chi connectivity index (χ3n) is 4.09. The van der Waals surface area contributed by atoms with Gasteiger partial charge in [-0.25, -0.2) is 18.1 Å². The number of pyridine rings is 1. The summed E-state index contributed by atoms with van der Waals surface area (Å²) in [5.74, 6) is 0.382. The Kier molecular flexibility index (Phi) is 4.20. The minimum atomic E-state index is -2.91. The lowest BCUT2D eigenvalue weighted by Gasteiger charge is -2.25. The van der Waals surface area contributed by atoms with E-state index in [0.29, 0.717) is 24.9 Å². The van der Waals surface area contributed by atoms with Crippen LogP contribution in [0.1, 0.15) is 25.3 Å². The molecule has 9 heteroatoms. The van der Waals surface area contributed by atoms with Gasteiger partial charge in [-0.05, 0) is 19.8 Å². The van der Waals surface area contributed by atoms with Crippen molar-refractivity contribution in [2.45, 2.75) is 32.4 Å². The molecule has 1 fully saturated rings. The lowest BCUT2D eigenvalue weighted by atomic mass is 10.1. The molecule has 2 N–H and O–H groups in total. The van der Waals surface area contributed by atoms with Crippen LogP contribution in [0, 0.1) is 0 Å². The minimum absolute atomic E-state index is 0.0555. The number of nitrogens with zero attached hydrogens (tertiary/aromatic N) is 4. The van der Waals surface area contributed by atoms with E-state index in [2.05, 4.69) is 20.6 Å². The summed E-state index contributed by atoms with van der Waals surface area (Å²) in [7, 11) is -2.91. The van der Waals surface area contributed by atoms with Crippen molar-refractivity contribution in [1.82, 2.24) is 14.8 Å². The van der Waals surface area contributed by atoms with Crippen LogP contribution in [-0.4, -0.2) is 52.2 Å². The van der Waals surface area contributed by atoms with Gasteiger partial charge in [-0.15, -0.1) is 0 Å². The smallest absolute Gasteiger partial charge is 0.159 e. The fourth-order valence-electron chi connectivity index (χ4n) is 2.83. The summed E-state index contributed by atoms with van der Waals surface area (Å²) in [6, 6.07) is 0.0555. The van der Waals surface area contributed by atoms with Crippen LogP contribution >= 0.6 is 0 Å². The van der Waals surface area contributed by atoms with E-state index >= 15 is 0 Å². The maximum atomic E-state index is 11.6. The molecular weight excluding hydrogens is 318 g/mol. The van der Waals surface area contributed by atoms with E-state index in [9.17, 15) is 8.42 Å². The van der Waals surface area contributed by atoms with Crippen molar-refractivity contribution in [3.05, 3.63) is 18.0 Å². The molecule has 0 spiro atoms. The van der Waals surface area contributed by atoms with Gasteiger partial charge in [0.1, 0.15) is 9.84 Å². The van der Waals surface area contributed by atoms with Crippen LogP contribution in [-0.2, 0) is 16.4 Å². The van der Waals surface area contributed by atoms with Crippen molar-refractivity contribution in [2.75, 3.05) is 16.8 Å². The number of rotatable bonds is 4. The average molecular weight is 337 g/mol. The highest BCUT2D eigenvalue weighted by atomic mass is 32.2. The zero-order valence-corrected chi connectivity index (χ0v) is 13.6. The standard InChI is InChI=1S/C14H19N5O3S/c1-2-19-14-12(9-16-19)13(10(7-15-14)8-17-20)18-11-3-5-23(21,22)6-4-11/h7-9,11,20H,2-6H2,1H3,(H,15,18)/b17-8+. The van der Waals surface area contributed by atoms with Crippen LogP contribution in [0.15, 0.2) is 17.5 Å². The number of nitrogens with one attached hydrogen (secondary N) is 1. The first-order valence-electron chi connectivity index (χ1n) is 7.53. The Morgan fingerprint density at radius 3 is 2.83 bits per heavy atom. The molecule has 2 aromatic heterocycles. The van der Waals surface area contributed by atoms with E-state index in [0.717, 1.165) is 16.7 Å². The van der Waals surface area contributed by atoms with Gasteiger partial charge in [0.25, 0.3) is 0 Å². The Morgan fingerprint density at radius 2 is 2.17 bits per heavy atom. The number of aromatic nitrogens is 3. The molecule has 2 aromatic rings. The van der Waals surface area contributed by atoms with Crippen LogP contribution in [0.25, 0.3) is 11.0 Å². The van der Waals surface area contributed by atoms with Gasteiger partial charge in [0.2, 0.25) is 0 Å². The molecule has 23 heavy (non-hydrogen) atoms.